The van der Waals surface area contributed by atoms with Gasteiger partial charge in [0.25, 0.3) is 5.56 Å². The third kappa shape index (κ3) is 8.30. The van der Waals surface area contributed by atoms with E-state index in [2.05, 4.69) is 25.9 Å². The predicted molar refractivity (Wildman–Crippen MR) is 189 cm³/mol. The van der Waals surface area contributed by atoms with Gasteiger partial charge in [-0.05, 0) is 74.8 Å². The van der Waals surface area contributed by atoms with Gasteiger partial charge in [-0.2, -0.15) is 0 Å². The first-order chi connectivity index (χ1) is 23.6. The standard InChI is InChI=1S/C36H40BrN5O8/c1-21-8-12-23(13-9-21)32(44)47-18-27-26(50-33(45)24-14-10-22(2)11-15-24)16-28(49-27)41-17-25(37)29-30(41)31(43)42(20-48-34(46)36(3,4)5)35(39-29)38-19-40(6)7/h8-15,17,19,26-28H,16,18,20H2,1-7H3/b38-19+/t26-,27+,28-/m0/s1. The van der Waals surface area contributed by atoms with Crippen LogP contribution in [0.4, 0.5) is 5.95 Å². The zero-order valence-electron chi connectivity index (χ0n) is 29.0. The molecule has 50 heavy (non-hydrogen) atoms. The van der Waals surface area contributed by atoms with Crippen LogP contribution in [-0.4, -0.2) is 76.2 Å². The van der Waals surface area contributed by atoms with E-state index < -0.39 is 54.0 Å². The molecular formula is C36H40BrN5O8. The average Bonchev–Trinajstić information content (AvgIpc) is 3.62. The molecule has 4 aromatic rings. The normalized spacial score (nSPS) is 17.6. The van der Waals surface area contributed by atoms with Gasteiger partial charge in [0.2, 0.25) is 5.95 Å². The number of hydrogen-bond donors (Lipinski definition) is 0. The van der Waals surface area contributed by atoms with E-state index in [4.69, 9.17) is 18.9 Å². The molecule has 13 nitrogen and oxygen atoms in total. The molecule has 1 aliphatic heterocycles. The molecule has 0 radical (unpaired) electrons. The van der Waals surface area contributed by atoms with Crippen LogP contribution in [0.15, 0.2) is 69.0 Å². The lowest BCUT2D eigenvalue weighted by atomic mass is 9.98. The Labute approximate surface area is 297 Å². The first kappa shape index (κ1) is 36.5. The second-order valence-corrected chi connectivity index (χ2v) is 14.2. The summed E-state index contributed by atoms with van der Waals surface area (Å²) < 4.78 is 26.7. The van der Waals surface area contributed by atoms with Gasteiger partial charge in [-0.15, -0.1) is 0 Å². The van der Waals surface area contributed by atoms with Gasteiger partial charge >= 0.3 is 17.9 Å². The zero-order valence-corrected chi connectivity index (χ0v) is 30.6. The van der Waals surface area contributed by atoms with E-state index in [0.29, 0.717) is 21.1 Å². The molecule has 1 saturated heterocycles. The molecule has 2 aromatic carbocycles. The molecule has 0 amide bonds. The van der Waals surface area contributed by atoms with Crippen molar-refractivity contribution < 1.29 is 33.3 Å². The number of nitrogens with zero attached hydrogens (tertiary/aromatic N) is 5. The van der Waals surface area contributed by atoms with E-state index in [1.165, 1.54) is 10.9 Å². The van der Waals surface area contributed by atoms with E-state index in [1.54, 1.807) is 74.8 Å². The van der Waals surface area contributed by atoms with Gasteiger partial charge in [-0.1, -0.05) is 35.4 Å². The van der Waals surface area contributed by atoms with Gasteiger partial charge in [0.1, 0.15) is 36.1 Å². The van der Waals surface area contributed by atoms with Crippen molar-refractivity contribution in [3.63, 3.8) is 0 Å². The number of hydrogen-bond acceptors (Lipinski definition) is 10. The molecule has 14 heteroatoms. The topological polar surface area (TPSA) is 144 Å². The maximum Gasteiger partial charge on any atom is 0.338 e. The fourth-order valence-corrected chi connectivity index (χ4v) is 5.60. The summed E-state index contributed by atoms with van der Waals surface area (Å²) in [6.07, 6.45) is 0.706. The van der Waals surface area contributed by atoms with Gasteiger partial charge in [0.05, 0.1) is 27.4 Å². The molecule has 1 fully saturated rings. The maximum absolute atomic E-state index is 14.2. The number of carbonyl (C=O) groups is 3. The number of halogens is 1. The average molecular weight is 751 g/mol. The Hall–Kier alpha value is -4.82. The van der Waals surface area contributed by atoms with Crippen LogP contribution in [0.5, 0.6) is 0 Å². The van der Waals surface area contributed by atoms with E-state index in [1.807, 2.05) is 38.1 Å². The molecule has 1 aliphatic rings. The second-order valence-electron chi connectivity index (χ2n) is 13.4. The van der Waals surface area contributed by atoms with Gasteiger partial charge in [-0.25, -0.2) is 24.1 Å². The summed E-state index contributed by atoms with van der Waals surface area (Å²) in [7, 11) is 3.54. The first-order valence-electron chi connectivity index (χ1n) is 16.0. The largest absolute Gasteiger partial charge is 0.459 e. The van der Waals surface area contributed by atoms with Crippen molar-refractivity contribution in [1.82, 2.24) is 19.0 Å². The zero-order chi connectivity index (χ0) is 36.3. The van der Waals surface area contributed by atoms with Gasteiger partial charge in [-0.3, -0.25) is 9.59 Å². The van der Waals surface area contributed by atoms with Crippen LogP contribution >= 0.6 is 15.9 Å². The minimum Gasteiger partial charge on any atom is -0.459 e. The second kappa shape index (κ2) is 15.0. The van der Waals surface area contributed by atoms with Crippen molar-refractivity contribution in [1.29, 1.82) is 0 Å². The summed E-state index contributed by atoms with van der Waals surface area (Å²) in [4.78, 5) is 63.7. The number of aliphatic imine (C=N–C) groups is 1. The van der Waals surface area contributed by atoms with Crippen LogP contribution in [0.1, 0.15) is 65.3 Å². The fourth-order valence-electron chi connectivity index (χ4n) is 5.10. The number of rotatable bonds is 10. The highest BCUT2D eigenvalue weighted by Crippen LogP contribution is 2.36. The number of aromatic nitrogens is 3. The van der Waals surface area contributed by atoms with E-state index in [-0.39, 0.29) is 24.5 Å². The van der Waals surface area contributed by atoms with Crippen molar-refractivity contribution >= 4 is 57.2 Å². The lowest BCUT2D eigenvalue weighted by molar-refractivity contribution is -0.157. The predicted octanol–water partition coefficient (Wildman–Crippen LogP) is 5.72. The molecule has 5 rings (SSSR count). The third-order valence-corrected chi connectivity index (χ3v) is 8.49. The molecule has 0 bridgehead atoms. The van der Waals surface area contributed by atoms with Gasteiger partial charge in [0, 0.05) is 26.7 Å². The fraction of sp³-hybridized carbons (Fsp3) is 0.389. The molecule has 0 saturated carbocycles. The molecular weight excluding hydrogens is 710 g/mol. The van der Waals surface area contributed by atoms with E-state index in [9.17, 15) is 19.2 Å². The first-order valence-corrected chi connectivity index (χ1v) is 16.8. The molecule has 0 unspecified atom stereocenters. The maximum atomic E-state index is 14.2. The van der Waals surface area contributed by atoms with Crippen molar-refractivity contribution in [2.75, 3.05) is 20.7 Å². The lowest BCUT2D eigenvalue weighted by Crippen LogP contribution is -2.32. The Morgan fingerprint density at radius 1 is 1.00 bits per heavy atom. The molecule has 0 spiro atoms. The summed E-state index contributed by atoms with van der Waals surface area (Å²) in [6, 6.07) is 13.9. The Balaban J connectivity index is 1.49. The minimum absolute atomic E-state index is 0.0227. The number of esters is 3. The monoisotopic (exact) mass is 749 g/mol. The highest BCUT2D eigenvalue weighted by Gasteiger charge is 2.41. The number of carbonyl (C=O) groups excluding carboxylic acids is 3. The van der Waals surface area contributed by atoms with E-state index in [0.717, 1.165) is 11.1 Å². The van der Waals surface area contributed by atoms with Crippen LogP contribution in [0.3, 0.4) is 0 Å². The Kier molecular flexibility index (Phi) is 10.9. The van der Waals surface area contributed by atoms with E-state index >= 15 is 0 Å². The summed E-state index contributed by atoms with van der Waals surface area (Å²) >= 11 is 3.52. The van der Waals surface area contributed by atoms with Crippen molar-refractivity contribution in [3.05, 3.63) is 91.8 Å². The van der Waals surface area contributed by atoms with Crippen LogP contribution in [0.2, 0.25) is 0 Å². The number of aryl methyl sites for hydroxylation is 2. The Morgan fingerprint density at radius 3 is 2.18 bits per heavy atom. The highest BCUT2D eigenvalue weighted by atomic mass is 79.9. The smallest absolute Gasteiger partial charge is 0.338 e. The molecule has 3 heterocycles. The van der Waals surface area contributed by atoms with Crippen LogP contribution in [0, 0.1) is 19.3 Å². The van der Waals surface area contributed by atoms with Gasteiger partial charge in [0.15, 0.2) is 6.73 Å². The van der Waals surface area contributed by atoms with Crippen molar-refractivity contribution in [2.24, 2.45) is 10.4 Å². The minimum atomic E-state index is -0.869. The Morgan fingerprint density at radius 2 is 1.60 bits per heavy atom. The Bertz CT molecular complexity index is 1980. The summed E-state index contributed by atoms with van der Waals surface area (Å²) in [6.45, 7) is 8.31. The summed E-state index contributed by atoms with van der Waals surface area (Å²) in [5.74, 6) is -1.61. The lowest BCUT2D eigenvalue weighted by Gasteiger charge is -2.19. The molecule has 0 aliphatic carbocycles. The highest BCUT2D eigenvalue weighted by molar-refractivity contribution is 9.10. The molecule has 264 valence electrons. The molecule has 3 atom stereocenters. The van der Waals surface area contributed by atoms with Crippen molar-refractivity contribution in [3.8, 4) is 0 Å². The number of ether oxygens (including phenoxy) is 4. The molecule has 2 aromatic heterocycles. The summed E-state index contributed by atoms with van der Waals surface area (Å²) in [5.41, 5.74) is 1.78. The molecule has 0 N–H and O–H groups in total. The SMILES string of the molecule is Cc1ccc(C(=O)OC[C@H]2O[C@H](n3cc(Br)c4nc(/N=C/N(C)C)n(COC(=O)C(C)(C)C)c(=O)c43)C[C@@H]2OC(=O)c2ccc(C)cc2)cc1. The van der Waals surface area contributed by atoms with Crippen LogP contribution < -0.4 is 5.56 Å². The quantitative estimate of drug-likeness (QED) is 0.0856. The van der Waals surface area contributed by atoms with Gasteiger partial charge < -0.3 is 28.4 Å². The van der Waals surface area contributed by atoms with Crippen LogP contribution in [-0.2, 0) is 30.5 Å². The number of benzene rings is 2. The summed E-state index contributed by atoms with van der Waals surface area (Å²) in [5, 5.41) is 0. The third-order valence-electron chi connectivity index (χ3n) is 7.91. The van der Waals surface area contributed by atoms with Crippen LogP contribution in [0.25, 0.3) is 11.0 Å². The van der Waals surface area contributed by atoms with Crippen molar-refractivity contribution in [2.45, 2.75) is 66.2 Å². The number of fused-ring (bicyclic) bond motifs is 1.